The van der Waals surface area contributed by atoms with Crippen LogP contribution in [0.5, 0.6) is 5.75 Å². The first kappa shape index (κ1) is 26.3. The third-order valence-corrected chi connectivity index (χ3v) is 8.36. The van der Waals surface area contributed by atoms with E-state index in [1.165, 1.54) is 0 Å². The first-order valence-corrected chi connectivity index (χ1v) is 13.6. The maximum atomic E-state index is 13.1. The van der Waals surface area contributed by atoms with Crippen LogP contribution in [0.25, 0.3) is 0 Å². The number of aliphatic hydroxyl groups excluding tert-OH is 1. The Labute approximate surface area is 224 Å². The normalized spacial score (nSPS) is 23.4. The number of benzene rings is 1. The van der Waals surface area contributed by atoms with Crippen molar-refractivity contribution in [2.45, 2.75) is 71.1 Å². The number of aromatic nitrogens is 1. The van der Waals surface area contributed by atoms with Crippen molar-refractivity contribution in [2.75, 3.05) is 42.4 Å². The van der Waals surface area contributed by atoms with Crippen molar-refractivity contribution in [3.05, 3.63) is 35.9 Å². The number of hydrogen-bond donors (Lipinski definition) is 2. The zero-order valence-corrected chi connectivity index (χ0v) is 23.0. The monoisotopic (exact) mass is 521 g/mol. The first-order chi connectivity index (χ1) is 18.1. The molecule has 9 heteroatoms. The third-order valence-electron chi connectivity index (χ3n) is 8.36. The molecule has 2 aliphatic heterocycles. The molecule has 1 aromatic carbocycles. The Morgan fingerprint density at radius 1 is 1.16 bits per heavy atom. The maximum Gasteiger partial charge on any atom is 0.253 e. The van der Waals surface area contributed by atoms with Crippen molar-refractivity contribution in [1.29, 1.82) is 0 Å². The topological polar surface area (TPSA) is 98.2 Å². The Balaban J connectivity index is 1.41. The van der Waals surface area contributed by atoms with Gasteiger partial charge in [0.1, 0.15) is 17.6 Å². The van der Waals surface area contributed by atoms with Gasteiger partial charge < -0.3 is 29.9 Å². The molecular weight excluding hydrogens is 482 g/mol. The molecule has 1 unspecified atom stereocenters. The SMILES string of the molecule is COc1cc(C(=O)N2CCC(O)CC2)ccc1Nc1ccc2c(n1)N(C1CCC(C)(C)C1)[C@H](C)C(=O)N2C. The fourth-order valence-electron chi connectivity index (χ4n) is 6.11. The second-order valence-corrected chi connectivity index (χ2v) is 11.6. The highest BCUT2D eigenvalue weighted by Crippen LogP contribution is 2.45. The van der Waals surface area contributed by atoms with Gasteiger partial charge in [-0.05, 0) is 74.8 Å². The molecule has 3 aliphatic rings. The van der Waals surface area contributed by atoms with Crippen molar-refractivity contribution in [3.8, 4) is 5.75 Å². The molecule has 1 aromatic heterocycles. The lowest BCUT2D eigenvalue weighted by Gasteiger charge is -2.43. The number of nitrogens with one attached hydrogen (secondary N) is 1. The Morgan fingerprint density at radius 3 is 2.55 bits per heavy atom. The van der Waals surface area contributed by atoms with E-state index >= 15 is 0 Å². The molecule has 2 N–H and O–H groups in total. The summed E-state index contributed by atoms with van der Waals surface area (Å²) in [5, 5.41) is 13.1. The number of carbonyl (C=O) groups excluding carboxylic acids is 2. The Morgan fingerprint density at radius 2 is 1.89 bits per heavy atom. The fourth-order valence-corrected chi connectivity index (χ4v) is 6.11. The number of likely N-dealkylation sites (tertiary alicyclic amines) is 1. The maximum absolute atomic E-state index is 13.1. The lowest BCUT2D eigenvalue weighted by atomic mass is 9.91. The molecule has 1 saturated heterocycles. The molecular formula is C29H39N5O4. The number of fused-ring (bicyclic) bond motifs is 1. The van der Waals surface area contributed by atoms with Crippen LogP contribution >= 0.6 is 0 Å². The number of amides is 2. The summed E-state index contributed by atoms with van der Waals surface area (Å²) in [5.41, 5.74) is 2.30. The van der Waals surface area contributed by atoms with Crippen molar-refractivity contribution in [2.24, 2.45) is 5.41 Å². The van der Waals surface area contributed by atoms with E-state index in [1.807, 2.05) is 32.2 Å². The van der Waals surface area contributed by atoms with E-state index in [9.17, 15) is 14.7 Å². The van der Waals surface area contributed by atoms with E-state index < -0.39 is 0 Å². The number of hydrogen-bond acceptors (Lipinski definition) is 7. The van der Waals surface area contributed by atoms with E-state index in [1.54, 1.807) is 29.0 Å². The zero-order valence-electron chi connectivity index (χ0n) is 23.0. The highest BCUT2D eigenvalue weighted by Gasteiger charge is 2.43. The number of anilines is 4. The smallest absolute Gasteiger partial charge is 0.253 e. The van der Waals surface area contributed by atoms with Crippen LogP contribution in [-0.2, 0) is 4.79 Å². The molecule has 5 rings (SSSR count). The van der Waals surface area contributed by atoms with Gasteiger partial charge in [-0.3, -0.25) is 9.59 Å². The third kappa shape index (κ3) is 4.91. The Hall–Kier alpha value is -3.33. The largest absolute Gasteiger partial charge is 0.495 e. The van der Waals surface area contributed by atoms with Gasteiger partial charge in [-0.25, -0.2) is 4.98 Å². The average Bonchev–Trinajstić information content (AvgIpc) is 3.26. The molecule has 2 aromatic rings. The van der Waals surface area contributed by atoms with Crippen molar-refractivity contribution in [1.82, 2.24) is 9.88 Å². The Kier molecular flexibility index (Phi) is 6.98. The fraction of sp³-hybridized carbons (Fsp3) is 0.552. The summed E-state index contributed by atoms with van der Waals surface area (Å²) in [6.07, 6.45) is 4.04. The molecule has 38 heavy (non-hydrogen) atoms. The summed E-state index contributed by atoms with van der Waals surface area (Å²) in [6, 6.07) is 9.15. The number of likely N-dealkylation sites (N-methyl/N-ethyl adjacent to an activating group) is 1. The van der Waals surface area contributed by atoms with E-state index in [2.05, 4.69) is 24.1 Å². The van der Waals surface area contributed by atoms with E-state index in [-0.39, 0.29) is 35.4 Å². The van der Waals surface area contributed by atoms with Gasteiger partial charge in [0, 0.05) is 31.7 Å². The molecule has 2 amide bonds. The second kappa shape index (κ2) is 10.1. The molecule has 204 valence electrons. The highest BCUT2D eigenvalue weighted by atomic mass is 16.5. The first-order valence-electron chi connectivity index (χ1n) is 13.6. The Bertz CT molecular complexity index is 1220. The van der Waals surface area contributed by atoms with Crippen LogP contribution in [0.1, 0.15) is 63.2 Å². The predicted molar refractivity (Wildman–Crippen MR) is 148 cm³/mol. The average molecular weight is 522 g/mol. The summed E-state index contributed by atoms with van der Waals surface area (Å²) >= 11 is 0. The van der Waals surface area contributed by atoms with Crippen LogP contribution < -0.4 is 19.9 Å². The lowest BCUT2D eigenvalue weighted by molar-refractivity contribution is -0.119. The molecule has 0 spiro atoms. The quantitative estimate of drug-likeness (QED) is 0.609. The predicted octanol–water partition coefficient (Wildman–Crippen LogP) is 4.18. The summed E-state index contributed by atoms with van der Waals surface area (Å²) in [6.45, 7) is 7.64. The molecule has 9 nitrogen and oxygen atoms in total. The van der Waals surface area contributed by atoms with Gasteiger partial charge in [-0.1, -0.05) is 13.8 Å². The molecule has 2 fully saturated rings. The van der Waals surface area contributed by atoms with Crippen LogP contribution in [0.4, 0.5) is 23.0 Å². The van der Waals surface area contributed by atoms with Crippen LogP contribution in [-0.4, -0.2) is 72.2 Å². The van der Waals surface area contributed by atoms with Gasteiger partial charge in [0.2, 0.25) is 5.91 Å². The summed E-state index contributed by atoms with van der Waals surface area (Å²) < 4.78 is 5.63. The van der Waals surface area contributed by atoms with E-state index in [0.29, 0.717) is 48.7 Å². The van der Waals surface area contributed by atoms with Gasteiger partial charge in [-0.2, -0.15) is 0 Å². The minimum Gasteiger partial charge on any atom is -0.495 e. The number of methoxy groups -OCH3 is 1. The number of carbonyl (C=O) groups is 2. The van der Waals surface area contributed by atoms with Gasteiger partial charge in [0.05, 0.1) is 24.6 Å². The van der Waals surface area contributed by atoms with Gasteiger partial charge in [0.25, 0.3) is 5.91 Å². The molecule has 1 saturated carbocycles. The van der Waals surface area contributed by atoms with Crippen molar-refractivity contribution < 1.29 is 19.4 Å². The van der Waals surface area contributed by atoms with E-state index in [4.69, 9.17) is 9.72 Å². The summed E-state index contributed by atoms with van der Waals surface area (Å²) in [5.74, 6) is 2.01. The molecule has 1 aliphatic carbocycles. The number of pyridine rings is 1. The minimum atomic E-state index is -0.332. The van der Waals surface area contributed by atoms with Crippen LogP contribution in [0.3, 0.4) is 0 Å². The number of aliphatic hydroxyl groups is 1. The lowest BCUT2D eigenvalue weighted by Crippen LogP contribution is -2.54. The highest BCUT2D eigenvalue weighted by molar-refractivity contribution is 6.04. The molecule has 0 bridgehead atoms. The standard InChI is InChI=1S/C29H39N5O4/c1-18-27(36)32(4)23-8-9-25(31-26(23)34(18)20-10-13-29(2,3)17-20)30-22-7-6-19(16-24(22)38-5)28(37)33-14-11-21(35)12-15-33/h6-9,16,18,20-21,35H,10-15,17H2,1-5H3,(H,30,31)/t18-,20?/m1/s1. The van der Waals surface area contributed by atoms with Crippen molar-refractivity contribution in [3.63, 3.8) is 0 Å². The number of nitrogens with zero attached hydrogens (tertiary/aromatic N) is 4. The molecule has 3 heterocycles. The second-order valence-electron chi connectivity index (χ2n) is 11.6. The minimum absolute atomic E-state index is 0.0644. The zero-order chi connectivity index (χ0) is 27.2. The number of rotatable bonds is 5. The van der Waals surface area contributed by atoms with Crippen LogP contribution in [0, 0.1) is 5.41 Å². The van der Waals surface area contributed by atoms with Gasteiger partial charge in [0.15, 0.2) is 5.82 Å². The summed E-state index contributed by atoms with van der Waals surface area (Å²) in [7, 11) is 3.39. The van der Waals surface area contributed by atoms with Crippen LogP contribution in [0.2, 0.25) is 0 Å². The number of piperidine rings is 1. The summed E-state index contributed by atoms with van der Waals surface area (Å²) in [4.78, 5) is 36.8. The van der Waals surface area contributed by atoms with Gasteiger partial charge >= 0.3 is 0 Å². The molecule has 2 atom stereocenters. The van der Waals surface area contributed by atoms with Crippen LogP contribution in [0.15, 0.2) is 30.3 Å². The van der Waals surface area contributed by atoms with Gasteiger partial charge in [-0.15, -0.1) is 0 Å². The molecule has 0 radical (unpaired) electrons. The number of ether oxygens (including phenoxy) is 1. The van der Waals surface area contributed by atoms with E-state index in [0.717, 1.165) is 30.8 Å². The van der Waals surface area contributed by atoms with Crippen molar-refractivity contribution >= 4 is 34.8 Å².